The highest BCUT2D eigenvalue weighted by Crippen LogP contribution is 2.22. The Morgan fingerprint density at radius 2 is 2.40 bits per heavy atom. The third-order valence-corrected chi connectivity index (χ3v) is 4.19. The van der Waals surface area contributed by atoms with Crippen LogP contribution in [0.15, 0.2) is 0 Å². The minimum Gasteiger partial charge on any atom is -0.345 e. The molecular weight excluding hydrogens is 208 g/mol. The average molecular weight is 230 g/mol. The van der Waals surface area contributed by atoms with Gasteiger partial charge >= 0.3 is 0 Å². The zero-order chi connectivity index (χ0) is 11.3. The fourth-order valence-electron chi connectivity index (χ4n) is 1.66. The molecular formula is C11H22N2OS. The molecule has 1 amide bonds. The number of nitrogens with one attached hydrogen (secondary N) is 1. The summed E-state index contributed by atoms with van der Waals surface area (Å²) in [5.41, 5.74) is 0. The molecule has 1 heterocycles. The first kappa shape index (κ1) is 12.8. The van der Waals surface area contributed by atoms with E-state index in [1.807, 2.05) is 32.7 Å². The topological polar surface area (TPSA) is 32.3 Å². The third-order valence-electron chi connectivity index (χ3n) is 2.96. The lowest BCUT2D eigenvalue weighted by molar-refractivity contribution is -0.131. The van der Waals surface area contributed by atoms with Crippen molar-refractivity contribution in [2.45, 2.75) is 26.3 Å². The summed E-state index contributed by atoms with van der Waals surface area (Å²) in [6.07, 6.45) is 1.29. The maximum Gasteiger partial charge on any atom is 0.239 e. The monoisotopic (exact) mass is 230 g/mol. The van der Waals surface area contributed by atoms with E-state index in [2.05, 4.69) is 5.32 Å². The van der Waals surface area contributed by atoms with Crippen LogP contribution < -0.4 is 5.32 Å². The molecule has 0 aromatic rings. The molecule has 88 valence electrons. The van der Waals surface area contributed by atoms with Gasteiger partial charge in [-0.05, 0) is 44.2 Å². The Morgan fingerprint density at radius 3 is 2.93 bits per heavy atom. The van der Waals surface area contributed by atoms with Crippen LogP contribution in [0.3, 0.4) is 0 Å². The van der Waals surface area contributed by atoms with Crippen LogP contribution in [0.25, 0.3) is 0 Å². The van der Waals surface area contributed by atoms with E-state index in [1.54, 1.807) is 4.90 Å². The second-order valence-corrected chi connectivity index (χ2v) is 5.36. The SMILES string of the molecule is CCN(C)C(=O)C(C)NCC1CCSC1. The van der Waals surface area contributed by atoms with Crippen molar-refractivity contribution in [1.82, 2.24) is 10.2 Å². The number of hydrogen-bond donors (Lipinski definition) is 1. The van der Waals surface area contributed by atoms with Gasteiger partial charge in [-0.25, -0.2) is 0 Å². The van der Waals surface area contributed by atoms with E-state index in [-0.39, 0.29) is 11.9 Å². The molecule has 1 aliphatic heterocycles. The number of hydrogen-bond acceptors (Lipinski definition) is 3. The maximum atomic E-state index is 11.7. The average Bonchev–Trinajstić information content (AvgIpc) is 2.76. The van der Waals surface area contributed by atoms with Gasteiger partial charge in [0.2, 0.25) is 5.91 Å². The quantitative estimate of drug-likeness (QED) is 0.770. The van der Waals surface area contributed by atoms with Crippen molar-refractivity contribution in [3.63, 3.8) is 0 Å². The molecule has 2 atom stereocenters. The number of rotatable bonds is 5. The number of likely N-dealkylation sites (N-methyl/N-ethyl adjacent to an activating group) is 1. The Bertz CT molecular complexity index is 205. The Balaban J connectivity index is 2.22. The van der Waals surface area contributed by atoms with Crippen molar-refractivity contribution >= 4 is 17.7 Å². The molecule has 0 saturated carbocycles. The zero-order valence-electron chi connectivity index (χ0n) is 9.95. The van der Waals surface area contributed by atoms with Crippen molar-refractivity contribution in [2.75, 3.05) is 31.6 Å². The molecule has 0 aromatic heterocycles. The van der Waals surface area contributed by atoms with Gasteiger partial charge in [0.25, 0.3) is 0 Å². The summed E-state index contributed by atoms with van der Waals surface area (Å²) in [6.45, 7) is 5.72. The molecule has 15 heavy (non-hydrogen) atoms. The zero-order valence-corrected chi connectivity index (χ0v) is 10.8. The molecule has 0 spiro atoms. The van der Waals surface area contributed by atoms with E-state index in [1.165, 1.54) is 17.9 Å². The van der Waals surface area contributed by atoms with Crippen LogP contribution in [0.1, 0.15) is 20.3 Å². The number of carbonyl (C=O) groups excluding carboxylic acids is 1. The molecule has 3 nitrogen and oxygen atoms in total. The van der Waals surface area contributed by atoms with Gasteiger partial charge in [0.1, 0.15) is 0 Å². The fourth-order valence-corrected chi connectivity index (χ4v) is 2.95. The van der Waals surface area contributed by atoms with Crippen LogP contribution in [-0.4, -0.2) is 48.5 Å². The van der Waals surface area contributed by atoms with Crippen LogP contribution in [-0.2, 0) is 4.79 Å². The van der Waals surface area contributed by atoms with Crippen molar-refractivity contribution in [1.29, 1.82) is 0 Å². The Kier molecular flexibility index (Phi) is 5.47. The molecule has 2 unspecified atom stereocenters. The summed E-state index contributed by atoms with van der Waals surface area (Å²) in [5.74, 6) is 3.49. The smallest absolute Gasteiger partial charge is 0.239 e. The van der Waals surface area contributed by atoms with E-state index in [9.17, 15) is 4.79 Å². The lowest BCUT2D eigenvalue weighted by Crippen LogP contribution is -2.44. The second kappa shape index (κ2) is 6.38. The predicted octanol–water partition coefficient (Wildman–Crippen LogP) is 1.20. The Labute approximate surface area is 97.0 Å². The van der Waals surface area contributed by atoms with Crippen molar-refractivity contribution in [3.05, 3.63) is 0 Å². The molecule has 0 radical (unpaired) electrons. The van der Waals surface area contributed by atoms with Gasteiger partial charge in [-0.3, -0.25) is 4.79 Å². The van der Waals surface area contributed by atoms with Crippen LogP contribution in [0.2, 0.25) is 0 Å². The van der Waals surface area contributed by atoms with Gasteiger partial charge in [-0.15, -0.1) is 0 Å². The Hall–Kier alpha value is -0.220. The van der Waals surface area contributed by atoms with E-state index >= 15 is 0 Å². The minimum absolute atomic E-state index is 0.0412. The van der Waals surface area contributed by atoms with E-state index in [0.29, 0.717) is 0 Å². The van der Waals surface area contributed by atoms with Gasteiger partial charge in [0, 0.05) is 13.6 Å². The molecule has 0 aliphatic carbocycles. The summed E-state index contributed by atoms with van der Waals surface area (Å²) >= 11 is 2.02. The molecule has 1 N–H and O–H groups in total. The first-order valence-electron chi connectivity index (χ1n) is 5.71. The fraction of sp³-hybridized carbons (Fsp3) is 0.909. The lowest BCUT2D eigenvalue weighted by atomic mass is 10.1. The first-order chi connectivity index (χ1) is 7.15. The number of amides is 1. The standard InChI is InChI=1S/C11H22N2OS/c1-4-13(3)11(14)9(2)12-7-10-5-6-15-8-10/h9-10,12H,4-8H2,1-3H3. The van der Waals surface area contributed by atoms with Crippen LogP contribution in [0.5, 0.6) is 0 Å². The van der Waals surface area contributed by atoms with Crippen molar-refractivity contribution < 1.29 is 4.79 Å². The molecule has 1 fully saturated rings. The number of carbonyl (C=O) groups is 1. The maximum absolute atomic E-state index is 11.7. The van der Waals surface area contributed by atoms with Crippen molar-refractivity contribution in [3.8, 4) is 0 Å². The minimum atomic E-state index is -0.0412. The van der Waals surface area contributed by atoms with Crippen LogP contribution in [0, 0.1) is 5.92 Å². The number of nitrogens with zero attached hydrogens (tertiary/aromatic N) is 1. The highest BCUT2D eigenvalue weighted by atomic mass is 32.2. The summed E-state index contributed by atoms with van der Waals surface area (Å²) in [4.78, 5) is 13.5. The van der Waals surface area contributed by atoms with Crippen LogP contribution >= 0.6 is 11.8 Å². The first-order valence-corrected chi connectivity index (χ1v) is 6.86. The Morgan fingerprint density at radius 1 is 1.67 bits per heavy atom. The van der Waals surface area contributed by atoms with E-state index in [0.717, 1.165) is 19.0 Å². The molecule has 4 heteroatoms. The lowest BCUT2D eigenvalue weighted by Gasteiger charge is -2.21. The molecule has 1 aliphatic rings. The largest absolute Gasteiger partial charge is 0.345 e. The third kappa shape index (κ3) is 4.03. The summed E-state index contributed by atoms with van der Waals surface area (Å²) in [7, 11) is 1.85. The molecule has 0 aromatic carbocycles. The van der Waals surface area contributed by atoms with Crippen LogP contribution in [0.4, 0.5) is 0 Å². The predicted molar refractivity (Wildman–Crippen MR) is 66.2 cm³/mol. The van der Waals surface area contributed by atoms with Gasteiger partial charge < -0.3 is 10.2 Å². The summed E-state index contributed by atoms with van der Waals surface area (Å²) in [5, 5.41) is 3.34. The summed E-state index contributed by atoms with van der Waals surface area (Å²) in [6, 6.07) is -0.0412. The van der Waals surface area contributed by atoms with E-state index < -0.39 is 0 Å². The molecule has 0 bridgehead atoms. The second-order valence-electron chi connectivity index (χ2n) is 4.21. The normalized spacial score (nSPS) is 22.7. The molecule has 1 saturated heterocycles. The van der Waals surface area contributed by atoms with E-state index in [4.69, 9.17) is 0 Å². The van der Waals surface area contributed by atoms with Gasteiger partial charge in [0.05, 0.1) is 6.04 Å². The molecule has 1 rings (SSSR count). The highest BCUT2D eigenvalue weighted by molar-refractivity contribution is 7.99. The van der Waals surface area contributed by atoms with Gasteiger partial charge in [0.15, 0.2) is 0 Å². The highest BCUT2D eigenvalue weighted by Gasteiger charge is 2.19. The van der Waals surface area contributed by atoms with Gasteiger partial charge in [-0.1, -0.05) is 0 Å². The van der Waals surface area contributed by atoms with Gasteiger partial charge in [-0.2, -0.15) is 11.8 Å². The van der Waals surface area contributed by atoms with Crippen molar-refractivity contribution in [2.24, 2.45) is 5.92 Å². The summed E-state index contributed by atoms with van der Waals surface area (Å²) < 4.78 is 0. The number of thioether (sulfide) groups is 1.